The molecule has 29 nitrogen and oxygen atoms in total. The lowest BCUT2D eigenvalue weighted by atomic mass is 10.0. The average Bonchev–Trinajstić information content (AvgIpc) is 3.65. The number of hydrogen-bond donors (Lipinski definition) is 14. The largest absolute Gasteiger partial charge is 0.525 e. The van der Waals surface area contributed by atoms with Gasteiger partial charge in [-0.3, -0.25) is 43.3 Å². The number of hydrogen-bond acceptors (Lipinski definition) is 22. The number of carbonyl (C=O) groups is 9. The molecule has 1 aliphatic heterocycles. The molecule has 79 heavy (non-hydrogen) atoms. The van der Waals surface area contributed by atoms with Gasteiger partial charge in [-0.05, 0) is 71.9 Å². The number of unbranched alkanes of at least 4 members (excludes halogenated alkanes) is 14. The first-order valence-electron chi connectivity index (χ1n) is 26.9. The summed E-state index contributed by atoms with van der Waals surface area (Å²) in [5.74, 6) is -12.9. The summed E-state index contributed by atoms with van der Waals surface area (Å²) in [6, 6.07) is -8.22. The minimum Gasteiger partial charge on any atom is -0.505 e. The molecule has 0 radical (unpaired) electrons. The maximum Gasteiger partial charge on any atom is 0.525 e. The van der Waals surface area contributed by atoms with Crippen molar-refractivity contribution in [3.8, 4) is 0 Å². The fourth-order valence-electron chi connectivity index (χ4n) is 7.78. The van der Waals surface area contributed by atoms with Crippen LogP contribution in [0.5, 0.6) is 0 Å². The number of amides is 4. The van der Waals surface area contributed by atoms with E-state index in [1.54, 1.807) is 0 Å². The van der Waals surface area contributed by atoms with Gasteiger partial charge < -0.3 is 81.8 Å². The van der Waals surface area contributed by atoms with Gasteiger partial charge in [-0.1, -0.05) is 84.0 Å². The fourth-order valence-corrected chi connectivity index (χ4v) is 8.18. The molecule has 1 rings (SSSR count). The molecule has 16 N–H and O–H groups in total. The van der Waals surface area contributed by atoms with Crippen LogP contribution in [0.3, 0.4) is 0 Å². The van der Waals surface area contributed by atoms with Crippen molar-refractivity contribution >= 4 is 61.3 Å². The van der Waals surface area contributed by atoms with Crippen LogP contribution < -0.4 is 38.2 Å². The van der Waals surface area contributed by atoms with Crippen LogP contribution in [0.15, 0.2) is 11.5 Å². The van der Waals surface area contributed by atoms with Gasteiger partial charge in [0.1, 0.15) is 36.8 Å². The van der Waals surface area contributed by atoms with Crippen LogP contribution in [0.2, 0.25) is 0 Å². The van der Waals surface area contributed by atoms with Crippen LogP contribution in [0, 0.1) is 0 Å². The first-order valence-corrected chi connectivity index (χ1v) is 28.4. The molecule has 0 aromatic carbocycles. The van der Waals surface area contributed by atoms with Gasteiger partial charge in [-0.25, -0.2) is 14.2 Å². The van der Waals surface area contributed by atoms with Crippen molar-refractivity contribution in [3.63, 3.8) is 0 Å². The number of phosphoric acid groups is 1. The van der Waals surface area contributed by atoms with Gasteiger partial charge in [0, 0.05) is 6.42 Å². The Balaban J connectivity index is 2.99. The van der Waals surface area contributed by atoms with Crippen LogP contribution in [0.1, 0.15) is 162 Å². The van der Waals surface area contributed by atoms with Gasteiger partial charge >= 0.3 is 37.7 Å². The number of phosphoric ester groups is 1. The van der Waals surface area contributed by atoms with E-state index in [9.17, 15) is 83.0 Å². The number of cyclic esters (lactones) is 1. The summed E-state index contributed by atoms with van der Waals surface area (Å²) in [5, 5.41) is 59.3. The molecule has 1 heterocycles. The number of rotatable bonds is 45. The summed E-state index contributed by atoms with van der Waals surface area (Å²) in [7, 11) is -5.39. The number of ether oxygens (including phenoxy) is 3. The number of aliphatic carboxylic acids is 1. The SMILES string of the molecule is CCCCCCCCCCCCCCCC(=O)OC(COC(=O)CCC(=O)ONC(CCCCN)C(=O)NC(C(=O)NC(C(=O)NC(CCCCN)C(=O)NC(CO)C(=O)O)C(C)O)C(C)O)C1OC(=O)C(OP(=O)(O)O)=C1O. The van der Waals surface area contributed by atoms with Crippen molar-refractivity contribution in [2.24, 2.45) is 11.5 Å². The Hall–Kier alpha value is -5.52. The maximum atomic E-state index is 13.6. The van der Waals surface area contributed by atoms with E-state index in [1.165, 1.54) is 38.5 Å². The number of carbonyl (C=O) groups excluding carboxylic acids is 8. The molecular formula is C49H86N7O22P. The Kier molecular flexibility index (Phi) is 36.0. The monoisotopic (exact) mass is 1160 g/mol. The second kappa shape index (κ2) is 39.8. The molecule has 30 heteroatoms. The number of carboxylic acids is 1. The predicted molar refractivity (Wildman–Crippen MR) is 278 cm³/mol. The summed E-state index contributed by atoms with van der Waals surface area (Å²) >= 11 is 0. The molecule has 0 spiro atoms. The molecule has 1 aliphatic rings. The van der Waals surface area contributed by atoms with Crippen molar-refractivity contribution in [2.75, 3.05) is 26.3 Å². The first-order chi connectivity index (χ1) is 37.4. The molecule has 0 bridgehead atoms. The molecule has 0 aromatic heterocycles. The Bertz CT molecular complexity index is 2010. The lowest BCUT2D eigenvalue weighted by molar-refractivity contribution is -0.171. The van der Waals surface area contributed by atoms with E-state index in [-0.39, 0.29) is 45.2 Å². The van der Waals surface area contributed by atoms with Gasteiger partial charge in [0.05, 0.1) is 31.7 Å². The summed E-state index contributed by atoms with van der Waals surface area (Å²) < 4.78 is 31.2. The van der Waals surface area contributed by atoms with E-state index in [1.807, 2.05) is 0 Å². The second-order valence-corrected chi connectivity index (χ2v) is 20.3. The molecule has 0 fully saturated rings. The van der Waals surface area contributed by atoms with Crippen LogP contribution in [-0.2, 0) is 71.3 Å². The highest BCUT2D eigenvalue weighted by Crippen LogP contribution is 2.42. The van der Waals surface area contributed by atoms with Gasteiger partial charge in [0.2, 0.25) is 29.7 Å². The molecule has 0 saturated heterocycles. The number of aliphatic hydroxyl groups excluding tert-OH is 4. The van der Waals surface area contributed by atoms with E-state index in [2.05, 4.69) is 38.2 Å². The predicted octanol–water partition coefficient (Wildman–Crippen LogP) is -0.0407. The first kappa shape index (κ1) is 71.5. The molecule has 4 amide bonds. The van der Waals surface area contributed by atoms with Crippen LogP contribution in [0.4, 0.5) is 0 Å². The minimum absolute atomic E-state index is 0.0692. The van der Waals surface area contributed by atoms with Crippen LogP contribution >= 0.6 is 7.82 Å². The van der Waals surface area contributed by atoms with Crippen molar-refractivity contribution in [1.82, 2.24) is 26.7 Å². The second-order valence-electron chi connectivity index (χ2n) is 19.1. The lowest BCUT2D eigenvalue weighted by Crippen LogP contribution is -2.62. The third-order valence-corrected chi connectivity index (χ3v) is 12.7. The number of esters is 3. The molecular weight excluding hydrogens is 1070 g/mol. The standard InChI is InChI=1S/C49H86N7O22P/c1-4-5-6-7-8-9-10-11-12-13-14-15-16-23-37(61)75-35(42-41(63)43(49(70)76-42)78-79(71,72)73)29-74-36(60)24-25-38(62)77-56-33(22-18-20-27-51)45(65)54-40(31(3)59)47(67)55-39(30(2)58)46(66)52-32(21-17-19-26-50)44(64)53-34(28-57)48(68)69/h30-35,39-40,42,56-59,63H,4-29,50-51H2,1-3H3,(H,52,66)(H,53,64)(H,54,65)(H,55,67)(H,68,69)(H2,71,72,73). The van der Waals surface area contributed by atoms with Crippen molar-refractivity contribution < 1.29 is 107 Å². The molecule has 0 aliphatic carbocycles. The highest BCUT2D eigenvalue weighted by molar-refractivity contribution is 7.46. The summed E-state index contributed by atoms with van der Waals surface area (Å²) in [6.07, 6.45) is 6.31. The smallest absolute Gasteiger partial charge is 0.505 e. The Morgan fingerprint density at radius 3 is 1.59 bits per heavy atom. The summed E-state index contributed by atoms with van der Waals surface area (Å²) in [4.78, 5) is 139. The number of hydroxylamine groups is 1. The Morgan fingerprint density at radius 1 is 0.633 bits per heavy atom. The van der Waals surface area contributed by atoms with E-state index in [0.717, 1.165) is 46.0 Å². The average molecular weight is 1160 g/mol. The lowest BCUT2D eigenvalue weighted by Gasteiger charge is -2.28. The Labute approximate surface area is 459 Å². The Morgan fingerprint density at radius 2 is 1.10 bits per heavy atom. The normalized spacial score (nSPS) is 16.4. The topological polar surface area (TPSA) is 471 Å². The molecule has 0 aromatic rings. The van der Waals surface area contributed by atoms with Crippen molar-refractivity contribution in [3.05, 3.63) is 11.5 Å². The number of nitrogens with two attached hydrogens (primary N) is 2. The van der Waals surface area contributed by atoms with Gasteiger partial charge in [-0.15, -0.1) is 5.48 Å². The van der Waals surface area contributed by atoms with Gasteiger partial charge in [0.25, 0.3) is 5.76 Å². The van der Waals surface area contributed by atoms with E-state index < -0.39 is 153 Å². The highest BCUT2D eigenvalue weighted by Gasteiger charge is 2.46. The number of nitrogens with one attached hydrogen (secondary N) is 5. The molecule has 454 valence electrons. The van der Waals surface area contributed by atoms with E-state index in [4.69, 9.17) is 30.5 Å². The zero-order chi connectivity index (χ0) is 59.5. The van der Waals surface area contributed by atoms with E-state index >= 15 is 0 Å². The number of aliphatic hydroxyl groups is 4. The third kappa shape index (κ3) is 30.0. The van der Waals surface area contributed by atoms with Crippen LogP contribution in [0.25, 0.3) is 0 Å². The summed E-state index contributed by atoms with van der Waals surface area (Å²) in [6.45, 7) is 2.94. The zero-order valence-electron chi connectivity index (χ0n) is 45.4. The number of carboxylic acid groups (broad SMARTS) is 1. The van der Waals surface area contributed by atoms with Gasteiger partial charge in [-0.2, -0.15) is 0 Å². The van der Waals surface area contributed by atoms with Crippen molar-refractivity contribution in [1.29, 1.82) is 0 Å². The fraction of sp³-hybridized carbons (Fsp3) is 0.776. The highest BCUT2D eigenvalue weighted by atomic mass is 31.2. The summed E-state index contributed by atoms with van der Waals surface area (Å²) in [5.41, 5.74) is 13.4. The quantitative estimate of drug-likeness (QED) is 0.0125. The van der Waals surface area contributed by atoms with Gasteiger partial charge in [0.15, 0.2) is 11.9 Å². The molecule has 0 saturated carbocycles. The minimum atomic E-state index is -5.39. The zero-order valence-corrected chi connectivity index (χ0v) is 46.3. The maximum absolute atomic E-state index is 13.6. The van der Waals surface area contributed by atoms with E-state index in [0.29, 0.717) is 25.7 Å². The molecule has 9 unspecified atom stereocenters. The van der Waals surface area contributed by atoms with Crippen LogP contribution in [-0.4, -0.2) is 170 Å². The molecule has 9 atom stereocenters. The third-order valence-electron chi connectivity index (χ3n) is 12.3. The van der Waals surface area contributed by atoms with Crippen molar-refractivity contribution in [2.45, 2.75) is 217 Å².